The normalized spacial score (nSPS) is 10.9. The molecule has 2 rings (SSSR count). The van der Waals surface area contributed by atoms with Gasteiger partial charge in [-0.3, -0.25) is 10.1 Å². The molecule has 2 aromatic rings. The Morgan fingerprint density at radius 1 is 1.44 bits per heavy atom. The van der Waals surface area contributed by atoms with Crippen molar-refractivity contribution in [2.45, 2.75) is 19.8 Å². The van der Waals surface area contributed by atoms with Gasteiger partial charge in [-0.2, -0.15) is 0 Å². The van der Waals surface area contributed by atoms with Crippen molar-refractivity contribution in [1.29, 1.82) is 0 Å². The molecule has 0 fully saturated rings. The summed E-state index contributed by atoms with van der Waals surface area (Å²) in [5.41, 5.74) is 0.284. The van der Waals surface area contributed by atoms with Crippen LogP contribution in [0.2, 0.25) is 10.2 Å². The molecule has 1 amide bonds. The van der Waals surface area contributed by atoms with Crippen LogP contribution in [0.4, 0.5) is 5.13 Å². The Hall–Kier alpha value is -1.11. The molecule has 5 nitrogen and oxygen atoms in total. The van der Waals surface area contributed by atoms with Gasteiger partial charge in [0.25, 0.3) is 5.91 Å². The summed E-state index contributed by atoms with van der Waals surface area (Å²) in [5, 5.41) is 12.4. The molecule has 0 saturated carbocycles. The fourth-order valence-electron chi connectivity index (χ4n) is 1.21. The number of halogens is 2. The SMILES string of the molecule is CC(C)c1nnc(NC(=O)c2cc(Cl)c(Cl)[nH]2)s1. The van der Waals surface area contributed by atoms with Crippen molar-refractivity contribution >= 4 is 45.6 Å². The molecule has 2 aromatic heterocycles. The van der Waals surface area contributed by atoms with Gasteiger partial charge in [0.05, 0.1) is 5.02 Å². The van der Waals surface area contributed by atoms with Gasteiger partial charge in [0, 0.05) is 5.92 Å². The number of carbonyl (C=O) groups is 1. The fourth-order valence-corrected chi connectivity index (χ4v) is 2.26. The molecule has 0 aliphatic rings. The molecular formula is C10H10Cl2N4OS. The zero-order valence-electron chi connectivity index (χ0n) is 9.62. The number of nitrogens with one attached hydrogen (secondary N) is 2. The Kier molecular flexibility index (Phi) is 3.89. The zero-order chi connectivity index (χ0) is 13.3. The topological polar surface area (TPSA) is 70.7 Å². The van der Waals surface area contributed by atoms with E-state index in [0.29, 0.717) is 10.2 Å². The van der Waals surface area contributed by atoms with Gasteiger partial charge in [-0.25, -0.2) is 0 Å². The number of anilines is 1. The smallest absolute Gasteiger partial charge is 0.273 e. The second-order valence-corrected chi connectivity index (χ2v) is 5.69. The van der Waals surface area contributed by atoms with E-state index < -0.39 is 0 Å². The van der Waals surface area contributed by atoms with E-state index in [1.807, 2.05) is 13.8 Å². The summed E-state index contributed by atoms with van der Waals surface area (Å²) in [6, 6.07) is 1.46. The number of rotatable bonds is 3. The Bertz CT molecular complexity index is 559. The largest absolute Gasteiger partial charge is 0.340 e. The van der Waals surface area contributed by atoms with Crippen molar-refractivity contribution in [2.75, 3.05) is 5.32 Å². The first-order chi connectivity index (χ1) is 8.47. The molecule has 0 spiro atoms. The van der Waals surface area contributed by atoms with Crippen molar-refractivity contribution in [3.05, 3.63) is 26.9 Å². The molecule has 0 bridgehead atoms. The molecule has 0 aliphatic carbocycles. The molecule has 0 atom stereocenters. The van der Waals surface area contributed by atoms with E-state index in [2.05, 4.69) is 20.5 Å². The van der Waals surface area contributed by atoms with Crippen LogP contribution in [-0.2, 0) is 0 Å². The second-order valence-electron chi connectivity index (χ2n) is 3.90. The number of nitrogens with zero attached hydrogens (tertiary/aromatic N) is 2. The summed E-state index contributed by atoms with van der Waals surface area (Å²) in [4.78, 5) is 14.5. The van der Waals surface area contributed by atoms with Gasteiger partial charge in [0.15, 0.2) is 0 Å². The van der Waals surface area contributed by atoms with Crippen LogP contribution in [0.25, 0.3) is 0 Å². The van der Waals surface area contributed by atoms with Crippen LogP contribution in [0.1, 0.15) is 35.3 Å². The van der Waals surface area contributed by atoms with Crippen LogP contribution in [0.3, 0.4) is 0 Å². The highest BCUT2D eigenvalue weighted by Gasteiger charge is 2.14. The third-order valence-corrected chi connectivity index (χ3v) is 3.96. The maximum absolute atomic E-state index is 11.8. The highest BCUT2D eigenvalue weighted by atomic mass is 35.5. The standard InChI is InChI=1S/C10H10Cl2N4OS/c1-4(2)9-15-16-10(18-9)14-8(17)6-3-5(11)7(12)13-6/h3-4,13H,1-2H3,(H,14,16,17). The first-order valence-corrected chi connectivity index (χ1v) is 6.73. The lowest BCUT2D eigenvalue weighted by molar-refractivity contribution is 0.102. The number of amides is 1. The Labute approximate surface area is 118 Å². The molecule has 96 valence electrons. The summed E-state index contributed by atoms with van der Waals surface area (Å²) < 4.78 is 0. The maximum atomic E-state index is 11.8. The van der Waals surface area contributed by atoms with Crippen LogP contribution in [0.5, 0.6) is 0 Å². The minimum atomic E-state index is -0.352. The summed E-state index contributed by atoms with van der Waals surface area (Å²) in [6.45, 7) is 4.02. The van der Waals surface area contributed by atoms with Crippen LogP contribution < -0.4 is 5.32 Å². The number of hydrogen-bond donors (Lipinski definition) is 2. The maximum Gasteiger partial charge on any atom is 0.273 e. The molecule has 0 saturated heterocycles. The number of aromatic amines is 1. The number of hydrogen-bond acceptors (Lipinski definition) is 4. The monoisotopic (exact) mass is 304 g/mol. The minimum Gasteiger partial charge on any atom is -0.340 e. The lowest BCUT2D eigenvalue weighted by Gasteiger charge is -1.97. The highest BCUT2D eigenvalue weighted by Crippen LogP contribution is 2.24. The van der Waals surface area contributed by atoms with Crippen molar-refractivity contribution in [1.82, 2.24) is 15.2 Å². The van der Waals surface area contributed by atoms with E-state index in [4.69, 9.17) is 23.2 Å². The first kappa shape index (κ1) is 13.3. The van der Waals surface area contributed by atoms with Crippen molar-refractivity contribution in [2.24, 2.45) is 0 Å². The predicted molar refractivity (Wildman–Crippen MR) is 72.8 cm³/mol. The lowest BCUT2D eigenvalue weighted by atomic mass is 10.2. The highest BCUT2D eigenvalue weighted by molar-refractivity contribution is 7.15. The second kappa shape index (κ2) is 5.26. The van der Waals surface area contributed by atoms with Crippen molar-refractivity contribution in [3.8, 4) is 0 Å². The molecule has 0 aliphatic heterocycles. The van der Waals surface area contributed by atoms with Crippen molar-refractivity contribution in [3.63, 3.8) is 0 Å². The summed E-state index contributed by atoms with van der Waals surface area (Å²) >= 11 is 12.8. The Morgan fingerprint density at radius 2 is 2.17 bits per heavy atom. The lowest BCUT2D eigenvalue weighted by Crippen LogP contribution is -2.11. The Morgan fingerprint density at radius 3 is 2.67 bits per heavy atom. The molecular weight excluding hydrogens is 295 g/mol. The summed E-state index contributed by atoms with van der Waals surface area (Å²) in [6.07, 6.45) is 0. The van der Waals surface area contributed by atoms with Gasteiger partial charge in [0.2, 0.25) is 5.13 Å². The van der Waals surface area contributed by atoms with Gasteiger partial charge < -0.3 is 4.98 Å². The van der Waals surface area contributed by atoms with E-state index in [-0.39, 0.29) is 22.7 Å². The minimum absolute atomic E-state index is 0.238. The van der Waals surface area contributed by atoms with Crippen LogP contribution in [0.15, 0.2) is 6.07 Å². The van der Waals surface area contributed by atoms with E-state index in [1.165, 1.54) is 17.4 Å². The number of aromatic nitrogens is 3. The predicted octanol–water partition coefficient (Wildman–Crippen LogP) is 3.55. The van der Waals surface area contributed by atoms with Crippen LogP contribution in [0, 0.1) is 0 Å². The third-order valence-electron chi connectivity index (χ3n) is 2.12. The average Bonchev–Trinajstić information content (AvgIpc) is 2.87. The molecule has 0 unspecified atom stereocenters. The van der Waals surface area contributed by atoms with Crippen molar-refractivity contribution < 1.29 is 4.79 Å². The van der Waals surface area contributed by atoms with Gasteiger partial charge in [-0.05, 0) is 6.07 Å². The van der Waals surface area contributed by atoms with Crippen LogP contribution >= 0.6 is 34.5 Å². The van der Waals surface area contributed by atoms with Gasteiger partial charge in [-0.15, -0.1) is 10.2 Å². The molecule has 8 heteroatoms. The summed E-state index contributed by atoms with van der Waals surface area (Å²) in [7, 11) is 0. The molecule has 2 N–H and O–H groups in total. The average molecular weight is 305 g/mol. The van der Waals surface area contributed by atoms with E-state index in [9.17, 15) is 4.79 Å². The van der Waals surface area contributed by atoms with E-state index in [1.54, 1.807) is 0 Å². The summed E-state index contributed by atoms with van der Waals surface area (Å²) in [5.74, 6) is -0.0715. The van der Waals surface area contributed by atoms with Gasteiger partial charge >= 0.3 is 0 Å². The zero-order valence-corrected chi connectivity index (χ0v) is 11.9. The molecule has 18 heavy (non-hydrogen) atoms. The van der Waals surface area contributed by atoms with Gasteiger partial charge in [-0.1, -0.05) is 48.4 Å². The molecule has 0 radical (unpaired) electrons. The molecule has 2 heterocycles. The number of H-pyrrole nitrogens is 1. The van der Waals surface area contributed by atoms with E-state index in [0.717, 1.165) is 5.01 Å². The van der Waals surface area contributed by atoms with Gasteiger partial charge in [0.1, 0.15) is 15.9 Å². The van der Waals surface area contributed by atoms with Crippen LogP contribution in [-0.4, -0.2) is 21.1 Å². The molecule has 0 aromatic carbocycles. The first-order valence-electron chi connectivity index (χ1n) is 5.16. The number of carbonyl (C=O) groups excluding carboxylic acids is 1. The quantitative estimate of drug-likeness (QED) is 0.911. The third kappa shape index (κ3) is 2.82. The Balaban J connectivity index is 2.11. The van der Waals surface area contributed by atoms with E-state index >= 15 is 0 Å². The fraction of sp³-hybridized carbons (Fsp3) is 0.300.